The first kappa shape index (κ1) is 18.7. The largest absolute Gasteiger partial charge is 0.452 e. The van der Waals surface area contributed by atoms with Crippen LogP contribution in [-0.2, 0) is 20.3 Å². The van der Waals surface area contributed by atoms with Crippen molar-refractivity contribution in [2.24, 2.45) is 0 Å². The summed E-state index contributed by atoms with van der Waals surface area (Å²) < 4.78 is 43.7. The Kier molecular flexibility index (Phi) is 6.35. The lowest BCUT2D eigenvalue weighted by Gasteiger charge is -2.10. The summed E-state index contributed by atoms with van der Waals surface area (Å²) in [5, 5.41) is 2.01. The number of esters is 1. The molecule has 0 saturated heterocycles. The van der Waals surface area contributed by atoms with E-state index in [4.69, 9.17) is 4.74 Å². The summed E-state index contributed by atoms with van der Waals surface area (Å²) in [6, 6.07) is 9.30. The van der Waals surface area contributed by atoms with Crippen molar-refractivity contribution in [3.05, 3.63) is 59.7 Å². The van der Waals surface area contributed by atoms with E-state index in [1.165, 1.54) is 12.1 Å². The van der Waals surface area contributed by atoms with Gasteiger partial charge in [0, 0.05) is 5.75 Å². The highest BCUT2D eigenvalue weighted by Crippen LogP contribution is 2.18. The highest BCUT2D eigenvalue weighted by atomic mass is 32.2. The fourth-order valence-electron chi connectivity index (χ4n) is 1.99. The van der Waals surface area contributed by atoms with E-state index in [-0.39, 0.29) is 5.56 Å². The maximum Gasteiger partial charge on any atom is 0.339 e. The van der Waals surface area contributed by atoms with Crippen molar-refractivity contribution in [2.45, 2.75) is 11.8 Å². The highest BCUT2D eigenvalue weighted by Gasteiger charge is 2.18. The Bertz CT molecular complexity index is 806. The average molecular weight is 367 g/mol. The third-order valence-corrected chi connectivity index (χ3v) is 4.55. The van der Waals surface area contributed by atoms with Gasteiger partial charge in [0.05, 0.1) is 21.3 Å². The number of rotatable bonds is 6. The van der Waals surface area contributed by atoms with Crippen molar-refractivity contribution < 1.29 is 27.3 Å². The first-order valence-corrected chi connectivity index (χ1v) is 8.64. The molecule has 8 heteroatoms. The minimum atomic E-state index is -1.38. The van der Waals surface area contributed by atoms with Gasteiger partial charge in [-0.15, -0.1) is 0 Å². The Balaban J connectivity index is 2.03. The second-order valence-corrected chi connectivity index (χ2v) is 6.56. The summed E-state index contributed by atoms with van der Waals surface area (Å²) >= 11 is 0. The van der Waals surface area contributed by atoms with Gasteiger partial charge in [0.2, 0.25) is 0 Å². The lowest BCUT2D eigenvalue weighted by atomic mass is 10.2. The monoisotopic (exact) mass is 367 g/mol. The maximum atomic E-state index is 13.5. The SMILES string of the molecule is CC[S@](=O)c1ccccc1C(=O)OCC(=O)Nc1c(F)cccc1F. The van der Waals surface area contributed by atoms with Gasteiger partial charge < -0.3 is 10.1 Å². The summed E-state index contributed by atoms with van der Waals surface area (Å²) in [5.41, 5.74) is -0.538. The Morgan fingerprint density at radius 1 is 1.08 bits per heavy atom. The number of carbonyl (C=O) groups is 2. The number of amides is 1. The molecule has 0 aromatic heterocycles. The number of ether oxygens (including phenoxy) is 1. The van der Waals surface area contributed by atoms with Crippen LogP contribution in [-0.4, -0.2) is 28.4 Å². The molecule has 2 aromatic carbocycles. The fraction of sp³-hybridized carbons (Fsp3) is 0.176. The molecule has 0 spiro atoms. The quantitative estimate of drug-likeness (QED) is 0.797. The Hall–Kier alpha value is -2.61. The average Bonchev–Trinajstić information content (AvgIpc) is 2.62. The highest BCUT2D eigenvalue weighted by molar-refractivity contribution is 7.85. The summed E-state index contributed by atoms with van der Waals surface area (Å²) in [4.78, 5) is 24.1. The van der Waals surface area contributed by atoms with Crippen molar-refractivity contribution in [1.29, 1.82) is 0 Å². The molecule has 0 bridgehead atoms. The molecule has 25 heavy (non-hydrogen) atoms. The van der Waals surface area contributed by atoms with E-state index in [1.807, 2.05) is 5.32 Å². The van der Waals surface area contributed by atoms with Crippen LogP contribution in [0.25, 0.3) is 0 Å². The van der Waals surface area contributed by atoms with Crippen LogP contribution in [0.3, 0.4) is 0 Å². The smallest absolute Gasteiger partial charge is 0.339 e. The number of carbonyl (C=O) groups excluding carboxylic acids is 2. The molecular weight excluding hydrogens is 352 g/mol. The Labute approximate surface area is 145 Å². The summed E-state index contributed by atoms with van der Waals surface area (Å²) in [7, 11) is -1.38. The molecule has 0 fully saturated rings. The van der Waals surface area contributed by atoms with Crippen LogP contribution < -0.4 is 5.32 Å². The first-order valence-electron chi connectivity index (χ1n) is 7.32. The number of nitrogens with one attached hydrogen (secondary N) is 1. The number of halogens is 2. The number of benzene rings is 2. The predicted molar refractivity (Wildman–Crippen MR) is 88.7 cm³/mol. The van der Waals surface area contributed by atoms with Gasteiger partial charge in [-0.05, 0) is 24.3 Å². The number of hydrogen-bond acceptors (Lipinski definition) is 4. The maximum absolute atomic E-state index is 13.5. The van der Waals surface area contributed by atoms with Crippen LogP contribution in [0.2, 0.25) is 0 Å². The molecule has 0 radical (unpaired) electrons. The molecule has 0 aliphatic heterocycles. The van der Waals surface area contributed by atoms with Gasteiger partial charge in [-0.2, -0.15) is 0 Å². The predicted octanol–water partition coefficient (Wildman–Crippen LogP) is 2.89. The lowest BCUT2D eigenvalue weighted by Crippen LogP contribution is -2.22. The first-order chi connectivity index (χ1) is 11.9. The Morgan fingerprint density at radius 2 is 1.72 bits per heavy atom. The van der Waals surface area contributed by atoms with E-state index in [0.29, 0.717) is 10.6 Å². The summed E-state index contributed by atoms with van der Waals surface area (Å²) in [5.74, 6) is -3.31. The minimum Gasteiger partial charge on any atom is -0.452 e. The molecule has 1 amide bonds. The van der Waals surface area contributed by atoms with Crippen LogP contribution in [0.4, 0.5) is 14.5 Å². The normalized spacial score (nSPS) is 11.6. The van der Waals surface area contributed by atoms with Gasteiger partial charge >= 0.3 is 5.97 Å². The molecule has 5 nitrogen and oxygen atoms in total. The summed E-state index contributed by atoms with van der Waals surface area (Å²) in [6.07, 6.45) is 0. The molecule has 0 aliphatic carbocycles. The van der Waals surface area contributed by atoms with Crippen LogP contribution in [0.1, 0.15) is 17.3 Å². The van der Waals surface area contributed by atoms with Crippen molar-refractivity contribution in [3.63, 3.8) is 0 Å². The molecule has 1 N–H and O–H groups in total. The van der Waals surface area contributed by atoms with E-state index in [1.54, 1.807) is 19.1 Å². The number of para-hydroxylation sites is 1. The van der Waals surface area contributed by atoms with Crippen molar-refractivity contribution >= 4 is 28.4 Å². The molecule has 1 atom stereocenters. The number of anilines is 1. The van der Waals surface area contributed by atoms with E-state index in [2.05, 4.69) is 0 Å². The topological polar surface area (TPSA) is 72.5 Å². The van der Waals surface area contributed by atoms with E-state index >= 15 is 0 Å². The van der Waals surface area contributed by atoms with Gasteiger partial charge in [-0.3, -0.25) is 9.00 Å². The van der Waals surface area contributed by atoms with Crippen LogP contribution in [0.15, 0.2) is 47.4 Å². The third kappa shape index (κ3) is 4.69. The molecule has 0 heterocycles. The van der Waals surface area contributed by atoms with Gasteiger partial charge in [0.1, 0.15) is 17.3 Å². The molecule has 2 aromatic rings. The zero-order chi connectivity index (χ0) is 18.4. The zero-order valence-electron chi connectivity index (χ0n) is 13.3. The number of hydrogen-bond donors (Lipinski definition) is 1. The minimum absolute atomic E-state index is 0.0764. The Morgan fingerprint density at radius 3 is 2.36 bits per heavy atom. The van der Waals surface area contributed by atoms with Crippen LogP contribution in [0.5, 0.6) is 0 Å². The molecule has 2 rings (SSSR count). The van der Waals surface area contributed by atoms with Gasteiger partial charge in [-0.25, -0.2) is 13.6 Å². The second kappa shape index (κ2) is 8.48. The standard InChI is InChI=1S/C17H15F2NO4S/c1-2-25(23)14-9-4-3-6-11(14)17(22)24-10-15(21)20-16-12(18)7-5-8-13(16)19/h3-9H,2,10H2,1H3,(H,20,21)/t25-/m0/s1. The van der Waals surface area contributed by atoms with Crippen molar-refractivity contribution in [1.82, 2.24) is 0 Å². The van der Waals surface area contributed by atoms with Gasteiger partial charge in [-0.1, -0.05) is 25.1 Å². The second-order valence-electron chi connectivity index (χ2n) is 4.85. The van der Waals surface area contributed by atoms with E-state index in [0.717, 1.165) is 18.2 Å². The van der Waals surface area contributed by atoms with Crippen molar-refractivity contribution in [3.8, 4) is 0 Å². The molecule has 132 valence electrons. The third-order valence-electron chi connectivity index (χ3n) is 3.18. The van der Waals surface area contributed by atoms with E-state index < -0.39 is 46.6 Å². The molecule has 0 unspecified atom stereocenters. The lowest BCUT2D eigenvalue weighted by molar-refractivity contribution is -0.119. The van der Waals surface area contributed by atoms with Crippen molar-refractivity contribution in [2.75, 3.05) is 17.7 Å². The molecule has 0 aliphatic rings. The molecular formula is C17H15F2NO4S. The van der Waals surface area contributed by atoms with Gasteiger partial charge in [0.15, 0.2) is 6.61 Å². The zero-order valence-corrected chi connectivity index (χ0v) is 14.1. The van der Waals surface area contributed by atoms with Crippen LogP contribution >= 0.6 is 0 Å². The summed E-state index contributed by atoms with van der Waals surface area (Å²) in [6.45, 7) is 0.967. The van der Waals surface area contributed by atoms with Crippen LogP contribution in [0, 0.1) is 11.6 Å². The van der Waals surface area contributed by atoms with Gasteiger partial charge in [0.25, 0.3) is 5.91 Å². The van der Waals surface area contributed by atoms with E-state index in [9.17, 15) is 22.6 Å². The fourth-order valence-corrected chi connectivity index (χ4v) is 2.93. The molecule has 0 saturated carbocycles.